The van der Waals surface area contributed by atoms with E-state index in [-0.39, 0.29) is 0 Å². The predicted octanol–water partition coefficient (Wildman–Crippen LogP) is 4.49. The number of amides is 3. The number of ether oxygens (including phenoxy) is 1. The molecule has 180 valence electrons. The highest BCUT2D eigenvalue weighted by molar-refractivity contribution is 5.99. The van der Waals surface area contributed by atoms with E-state index in [1.807, 2.05) is 51.1 Å². The van der Waals surface area contributed by atoms with Crippen molar-refractivity contribution in [2.45, 2.75) is 59.6 Å². The molecule has 34 heavy (non-hydrogen) atoms. The molecule has 0 aromatic heterocycles. The van der Waals surface area contributed by atoms with Crippen molar-refractivity contribution in [3.63, 3.8) is 0 Å². The fourth-order valence-electron chi connectivity index (χ4n) is 3.39. The maximum Gasteiger partial charge on any atom is 0.408 e. The quantitative estimate of drug-likeness (QED) is 0.468. The second-order valence-electron chi connectivity index (χ2n) is 9.00. The van der Waals surface area contributed by atoms with Crippen LogP contribution in [0.4, 0.5) is 10.5 Å². The van der Waals surface area contributed by atoms with Gasteiger partial charge < -0.3 is 15.4 Å². The van der Waals surface area contributed by atoms with Gasteiger partial charge in [0, 0.05) is 11.7 Å². The molecule has 0 heterocycles. The Hall–Kier alpha value is -3.79. The van der Waals surface area contributed by atoms with Gasteiger partial charge in [-0.1, -0.05) is 55.8 Å². The van der Waals surface area contributed by atoms with E-state index in [4.69, 9.17) is 11.2 Å². The van der Waals surface area contributed by atoms with Crippen LogP contribution in [0.2, 0.25) is 0 Å². The second-order valence-corrected chi connectivity index (χ2v) is 9.00. The number of alkyl carbamates (subject to hydrolysis) is 1. The molecule has 2 aromatic carbocycles. The Morgan fingerprint density at radius 1 is 1.06 bits per heavy atom. The van der Waals surface area contributed by atoms with Gasteiger partial charge in [-0.2, -0.15) is 0 Å². The number of carbonyl (C=O) groups excluding carboxylic acids is 3. The third-order valence-corrected chi connectivity index (χ3v) is 5.13. The van der Waals surface area contributed by atoms with Gasteiger partial charge in [0.25, 0.3) is 11.8 Å². The van der Waals surface area contributed by atoms with Gasteiger partial charge in [0.2, 0.25) is 0 Å². The molecule has 0 aliphatic carbocycles. The van der Waals surface area contributed by atoms with Crippen LogP contribution in [0.15, 0.2) is 42.5 Å². The number of hydrogen-bond acceptors (Lipinski definition) is 4. The minimum absolute atomic E-state index is 0.417. The molecule has 7 nitrogen and oxygen atoms in total. The van der Waals surface area contributed by atoms with E-state index in [1.54, 1.807) is 32.9 Å². The lowest BCUT2D eigenvalue weighted by Gasteiger charge is -2.27. The normalized spacial score (nSPS) is 11.7. The number of aryl methyl sites for hydroxylation is 3. The van der Waals surface area contributed by atoms with Crippen LogP contribution in [0, 0.1) is 26.3 Å². The topological polar surface area (TPSA) is 87.7 Å². The molecule has 3 amide bonds. The van der Waals surface area contributed by atoms with Crippen LogP contribution in [0.3, 0.4) is 0 Å². The zero-order valence-corrected chi connectivity index (χ0v) is 20.7. The average Bonchev–Trinajstić information content (AvgIpc) is 2.77. The fraction of sp³-hybridized carbons (Fsp3) is 0.370. The summed E-state index contributed by atoms with van der Waals surface area (Å²) in [7, 11) is 0. The molecule has 0 saturated carbocycles. The Kier molecular flexibility index (Phi) is 8.85. The van der Waals surface area contributed by atoms with Gasteiger partial charge in [0.05, 0.1) is 0 Å². The summed E-state index contributed by atoms with van der Waals surface area (Å²) in [5.41, 5.74) is 3.37. The first kappa shape index (κ1) is 26.5. The zero-order valence-electron chi connectivity index (χ0n) is 20.7. The molecular weight excluding hydrogens is 430 g/mol. The number of anilines is 1. The van der Waals surface area contributed by atoms with Gasteiger partial charge in [0.1, 0.15) is 18.2 Å². The highest BCUT2D eigenvalue weighted by Gasteiger charge is 2.31. The monoisotopic (exact) mass is 463 g/mol. The van der Waals surface area contributed by atoms with Gasteiger partial charge in [-0.05, 0) is 63.3 Å². The summed E-state index contributed by atoms with van der Waals surface area (Å²) in [6, 6.07) is 14.3. The van der Waals surface area contributed by atoms with Crippen LogP contribution >= 0.6 is 0 Å². The minimum Gasteiger partial charge on any atom is -0.444 e. The van der Waals surface area contributed by atoms with E-state index < -0.39 is 36.1 Å². The molecule has 0 aliphatic rings. The molecule has 0 bridgehead atoms. The first-order chi connectivity index (χ1) is 16.0. The van der Waals surface area contributed by atoms with Crippen molar-refractivity contribution >= 4 is 23.6 Å². The first-order valence-electron chi connectivity index (χ1n) is 11.2. The number of hydrogen-bond donors (Lipinski definition) is 2. The van der Waals surface area contributed by atoms with Gasteiger partial charge in [-0.3, -0.25) is 14.5 Å². The van der Waals surface area contributed by atoms with E-state index in [0.29, 0.717) is 11.3 Å². The summed E-state index contributed by atoms with van der Waals surface area (Å²) in [4.78, 5) is 39.5. The van der Waals surface area contributed by atoms with Crippen LogP contribution in [0.25, 0.3) is 0 Å². The molecule has 1 unspecified atom stereocenters. The number of para-hydroxylation sites is 1. The third kappa shape index (κ3) is 7.11. The first-order valence-corrected chi connectivity index (χ1v) is 11.2. The van der Waals surface area contributed by atoms with E-state index in [1.165, 1.54) is 0 Å². The third-order valence-electron chi connectivity index (χ3n) is 5.13. The molecule has 0 fully saturated rings. The lowest BCUT2D eigenvalue weighted by Crippen LogP contribution is -2.44. The predicted molar refractivity (Wildman–Crippen MR) is 133 cm³/mol. The molecule has 2 rings (SSSR count). The molecule has 0 spiro atoms. The molecule has 1 atom stereocenters. The molecule has 0 radical (unpaired) electrons. The zero-order chi connectivity index (χ0) is 25.5. The van der Waals surface area contributed by atoms with Crippen molar-refractivity contribution in [3.05, 3.63) is 64.7 Å². The van der Waals surface area contributed by atoms with Gasteiger partial charge in [-0.25, -0.2) is 4.79 Å². The minimum atomic E-state index is -1.09. The summed E-state index contributed by atoms with van der Waals surface area (Å²) in [5.74, 6) is -1.07. The maximum atomic E-state index is 13.5. The van der Waals surface area contributed by atoms with Crippen LogP contribution < -0.4 is 10.6 Å². The van der Waals surface area contributed by atoms with Crippen molar-refractivity contribution in [2.24, 2.45) is 0 Å². The van der Waals surface area contributed by atoms with Gasteiger partial charge in [0.15, 0.2) is 0 Å². The van der Waals surface area contributed by atoms with Gasteiger partial charge >= 0.3 is 6.09 Å². The van der Waals surface area contributed by atoms with E-state index in [0.717, 1.165) is 28.0 Å². The Labute approximate surface area is 201 Å². The van der Waals surface area contributed by atoms with Crippen molar-refractivity contribution in [1.82, 2.24) is 10.2 Å². The van der Waals surface area contributed by atoms with Crippen molar-refractivity contribution in [1.29, 1.82) is 0 Å². The number of rotatable bonds is 7. The molecule has 0 saturated heterocycles. The Morgan fingerprint density at radius 3 is 2.15 bits per heavy atom. The number of carbonyl (C=O) groups is 3. The molecule has 0 aliphatic heterocycles. The van der Waals surface area contributed by atoms with Gasteiger partial charge in [-0.15, -0.1) is 0 Å². The molecular formula is C27H33N3O4. The summed E-state index contributed by atoms with van der Waals surface area (Å²) in [5, 5.41) is 5.34. The Morgan fingerprint density at radius 2 is 1.65 bits per heavy atom. The van der Waals surface area contributed by atoms with E-state index >= 15 is 0 Å². The number of terminal acetylenes is 1. The number of nitrogens with one attached hydrogen (secondary N) is 2. The largest absolute Gasteiger partial charge is 0.444 e. The second kappa shape index (κ2) is 11.4. The van der Waals surface area contributed by atoms with Crippen molar-refractivity contribution < 1.29 is 19.1 Å². The van der Waals surface area contributed by atoms with Crippen LogP contribution in [0.1, 0.15) is 56.0 Å². The van der Waals surface area contributed by atoms with Crippen molar-refractivity contribution in [2.75, 3.05) is 11.9 Å². The van der Waals surface area contributed by atoms with Crippen LogP contribution in [-0.2, 0) is 20.7 Å². The van der Waals surface area contributed by atoms with E-state index in [9.17, 15) is 14.4 Å². The smallest absolute Gasteiger partial charge is 0.408 e. The summed E-state index contributed by atoms with van der Waals surface area (Å²) in [6.45, 7) is 10.5. The van der Waals surface area contributed by atoms with Crippen LogP contribution in [0.5, 0.6) is 0 Å². The highest BCUT2D eigenvalue weighted by Crippen LogP contribution is 2.26. The van der Waals surface area contributed by atoms with E-state index in [2.05, 4.69) is 16.7 Å². The molecule has 2 N–H and O–H groups in total. The lowest BCUT2D eigenvalue weighted by atomic mass is 10.0. The van der Waals surface area contributed by atoms with Crippen molar-refractivity contribution in [3.8, 4) is 12.5 Å². The fourth-order valence-corrected chi connectivity index (χ4v) is 3.39. The Bertz CT molecular complexity index is 1060. The lowest BCUT2D eigenvalue weighted by molar-refractivity contribution is -0.134. The maximum absolute atomic E-state index is 13.5. The average molecular weight is 464 g/mol. The highest BCUT2D eigenvalue weighted by atomic mass is 16.6. The summed E-state index contributed by atoms with van der Waals surface area (Å²) < 4.78 is 5.17. The Balaban J connectivity index is 2.34. The van der Waals surface area contributed by atoms with Crippen LogP contribution in [-0.4, -0.2) is 35.0 Å². The summed E-state index contributed by atoms with van der Waals surface area (Å²) >= 11 is 0. The summed E-state index contributed by atoms with van der Waals surface area (Å²) in [6.07, 6.45) is 5.78. The number of benzene rings is 2. The molecule has 2 aromatic rings. The standard InChI is InChI=1S/C27H33N3O4/c1-8-20-13-15-21(16-14-20)24(25(32)29-23-18(3)11-10-12-19(23)4)30(9-2)22(31)17-28-26(33)34-27(5,6)7/h2,10-16,24H,8,17H2,1,3-7H3,(H,28,33)(H,29,32). The molecule has 7 heteroatoms. The SMILES string of the molecule is C#CN(C(=O)CNC(=O)OC(C)(C)C)C(C(=O)Nc1c(C)cccc1C)c1ccc(CC)cc1. The number of nitrogens with zero attached hydrogens (tertiary/aromatic N) is 1.